The molecule has 0 fully saturated rings. The van der Waals surface area contributed by atoms with Crippen LogP contribution in [0.1, 0.15) is 41.5 Å². The Morgan fingerprint density at radius 2 is 1.10 bits per heavy atom. The lowest BCUT2D eigenvalue weighted by atomic mass is 10.5. The van der Waals surface area contributed by atoms with E-state index < -0.39 is 0 Å². The standard InChI is InChI=1S/C14H24N2O2S2/c1-7-15-13(17)11(19-9(3)4)12(20-10(5)6)14(18)16(15)8-2/h9-10H,7-8H2,1-6H3. The summed E-state index contributed by atoms with van der Waals surface area (Å²) in [5.74, 6) is 0. The fraction of sp³-hybridized carbons (Fsp3) is 0.714. The van der Waals surface area contributed by atoms with Crippen LogP contribution in [0, 0.1) is 0 Å². The van der Waals surface area contributed by atoms with Crippen LogP contribution in [0.2, 0.25) is 0 Å². The first-order valence-electron chi connectivity index (χ1n) is 7.04. The molecule has 0 amide bonds. The average molecular weight is 316 g/mol. The maximum Gasteiger partial charge on any atom is 0.280 e. The maximum absolute atomic E-state index is 12.6. The van der Waals surface area contributed by atoms with Crippen molar-refractivity contribution in [3.8, 4) is 0 Å². The Morgan fingerprint density at radius 3 is 1.30 bits per heavy atom. The van der Waals surface area contributed by atoms with Gasteiger partial charge in [-0.05, 0) is 13.8 Å². The number of thioether (sulfide) groups is 2. The van der Waals surface area contributed by atoms with Crippen molar-refractivity contribution in [3.63, 3.8) is 0 Å². The molecule has 0 aliphatic heterocycles. The maximum atomic E-state index is 12.6. The molecular formula is C14H24N2O2S2. The molecule has 0 saturated carbocycles. The average Bonchev–Trinajstić information content (AvgIpc) is 2.36. The van der Waals surface area contributed by atoms with E-state index in [1.807, 2.05) is 41.5 Å². The SMILES string of the molecule is CCn1c(=O)c(SC(C)C)c(SC(C)C)c(=O)n1CC. The molecule has 0 spiro atoms. The Morgan fingerprint density at radius 1 is 0.800 bits per heavy atom. The normalized spacial score (nSPS) is 11.6. The van der Waals surface area contributed by atoms with Gasteiger partial charge in [0.1, 0.15) is 0 Å². The fourth-order valence-corrected chi connectivity index (χ4v) is 3.99. The molecule has 0 radical (unpaired) electrons. The van der Waals surface area contributed by atoms with Crippen LogP contribution in [0.25, 0.3) is 0 Å². The van der Waals surface area contributed by atoms with Crippen LogP contribution < -0.4 is 11.1 Å². The van der Waals surface area contributed by atoms with Crippen LogP contribution in [0.5, 0.6) is 0 Å². The molecule has 1 aromatic heterocycles. The third-order valence-electron chi connectivity index (χ3n) is 2.66. The van der Waals surface area contributed by atoms with E-state index in [0.717, 1.165) is 0 Å². The molecule has 0 atom stereocenters. The third kappa shape index (κ3) is 3.73. The highest BCUT2D eigenvalue weighted by atomic mass is 32.2. The summed E-state index contributed by atoms with van der Waals surface area (Å²) in [7, 11) is 0. The molecule has 0 unspecified atom stereocenters. The lowest BCUT2D eigenvalue weighted by molar-refractivity contribution is 0.424. The summed E-state index contributed by atoms with van der Waals surface area (Å²) in [5, 5.41) is 0.549. The van der Waals surface area contributed by atoms with Gasteiger partial charge in [0.05, 0.1) is 9.79 Å². The second kappa shape index (κ2) is 7.41. The topological polar surface area (TPSA) is 44.0 Å². The van der Waals surface area contributed by atoms with E-state index in [1.54, 1.807) is 9.36 Å². The molecule has 6 heteroatoms. The van der Waals surface area contributed by atoms with Gasteiger partial charge in [0.15, 0.2) is 0 Å². The van der Waals surface area contributed by atoms with Gasteiger partial charge in [0.2, 0.25) is 0 Å². The zero-order valence-corrected chi connectivity index (χ0v) is 14.7. The number of aromatic nitrogens is 2. The molecule has 114 valence electrons. The Balaban J connectivity index is 3.65. The number of rotatable bonds is 6. The number of nitrogens with zero attached hydrogens (tertiary/aromatic N) is 2. The Bertz CT molecular complexity index is 523. The van der Waals surface area contributed by atoms with Crippen LogP contribution in [0.15, 0.2) is 19.4 Å². The minimum Gasteiger partial charge on any atom is -0.267 e. The predicted octanol–water partition coefficient (Wildman–Crippen LogP) is 3.05. The van der Waals surface area contributed by atoms with Crippen molar-refractivity contribution in [2.24, 2.45) is 0 Å². The molecule has 0 N–H and O–H groups in total. The molecule has 0 aliphatic rings. The lowest BCUT2D eigenvalue weighted by Crippen LogP contribution is -2.40. The van der Waals surface area contributed by atoms with Gasteiger partial charge in [0.25, 0.3) is 11.1 Å². The molecule has 1 rings (SSSR count). The van der Waals surface area contributed by atoms with Crippen LogP contribution >= 0.6 is 23.5 Å². The van der Waals surface area contributed by atoms with Gasteiger partial charge in [0, 0.05) is 23.6 Å². The molecule has 0 bridgehead atoms. The van der Waals surface area contributed by atoms with Crippen molar-refractivity contribution in [2.75, 3.05) is 0 Å². The van der Waals surface area contributed by atoms with Crippen molar-refractivity contribution >= 4 is 23.5 Å². The molecule has 1 heterocycles. The van der Waals surface area contributed by atoms with Gasteiger partial charge < -0.3 is 0 Å². The molecule has 0 aromatic carbocycles. The molecular weight excluding hydrogens is 292 g/mol. The molecule has 1 aromatic rings. The van der Waals surface area contributed by atoms with E-state index >= 15 is 0 Å². The van der Waals surface area contributed by atoms with Crippen molar-refractivity contribution in [2.45, 2.75) is 74.9 Å². The highest BCUT2D eigenvalue weighted by Gasteiger charge is 2.20. The van der Waals surface area contributed by atoms with Crippen molar-refractivity contribution in [1.29, 1.82) is 0 Å². The van der Waals surface area contributed by atoms with Crippen LogP contribution in [0.4, 0.5) is 0 Å². The summed E-state index contributed by atoms with van der Waals surface area (Å²) in [6.45, 7) is 13.0. The van der Waals surface area contributed by atoms with Crippen molar-refractivity contribution < 1.29 is 0 Å². The zero-order valence-electron chi connectivity index (χ0n) is 13.1. The highest BCUT2D eigenvalue weighted by molar-refractivity contribution is 8.02. The highest BCUT2D eigenvalue weighted by Crippen LogP contribution is 2.30. The van der Waals surface area contributed by atoms with Crippen molar-refractivity contribution in [1.82, 2.24) is 9.36 Å². The monoisotopic (exact) mass is 316 g/mol. The second-order valence-electron chi connectivity index (χ2n) is 5.03. The zero-order chi connectivity index (χ0) is 15.4. The third-order valence-corrected chi connectivity index (χ3v) is 4.96. The van der Waals surface area contributed by atoms with Crippen LogP contribution in [0.3, 0.4) is 0 Å². The fourth-order valence-electron chi connectivity index (χ4n) is 1.96. The summed E-state index contributed by atoms with van der Waals surface area (Å²) in [4.78, 5) is 26.5. The quantitative estimate of drug-likeness (QED) is 0.757. The minimum atomic E-state index is -0.0456. The Hall–Kier alpha value is -0.620. The summed E-state index contributed by atoms with van der Waals surface area (Å²) >= 11 is 2.98. The Labute approximate surface area is 128 Å². The summed E-state index contributed by atoms with van der Waals surface area (Å²) in [5.41, 5.74) is -0.0911. The van der Waals surface area contributed by atoms with Gasteiger partial charge >= 0.3 is 0 Å². The minimum absolute atomic E-state index is 0.0456. The van der Waals surface area contributed by atoms with Gasteiger partial charge in [-0.3, -0.25) is 9.59 Å². The molecule has 0 saturated heterocycles. The van der Waals surface area contributed by atoms with E-state index in [9.17, 15) is 9.59 Å². The van der Waals surface area contributed by atoms with Gasteiger partial charge in [-0.1, -0.05) is 27.7 Å². The van der Waals surface area contributed by atoms with E-state index in [0.29, 0.717) is 22.9 Å². The van der Waals surface area contributed by atoms with E-state index in [2.05, 4.69) is 0 Å². The van der Waals surface area contributed by atoms with E-state index in [1.165, 1.54) is 23.5 Å². The molecule has 4 nitrogen and oxygen atoms in total. The van der Waals surface area contributed by atoms with Crippen LogP contribution in [-0.4, -0.2) is 19.9 Å². The van der Waals surface area contributed by atoms with Crippen LogP contribution in [-0.2, 0) is 13.1 Å². The van der Waals surface area contributed by atoms with E-state index in [-0.39, 0.29) is 21.6 Å². The second-order valence-corrected chi connectivity index (χ2v) is 8.21. The number of hydrogen-bond donors (Lipinski definition) is 0. The lowest BCUT2D eigenvalue weighted by Gasteiger charge is -2.18. The summed E-state index contributed by atoms with van der Waals surface area (Å²) < 4.78 is 3.11. The van der Waals surface area contributed by atoms with Gasteiger partial charge in [-0.15, -0.1) is 23.5 Å². The summed E-state index contributed by atoms with van der Waals surface area (Å²) in [6.07, 6.45) is 0. The first-order chi connectivity index (χ1) is 9.33. The molecule has 0 aliphatic carbocycles. The first kappa shape index (κ1) is 17.4. The summed E-state index contributed by atoms with van der Waals surface area (Å²) in [6, 6.07) is 0. The Kier molecular flexibility index (Phi) is 6.45. The first-order valence-corrected chi connectivity index (χ1v) is 8.80. The van der Waals surface area contributed by atoms with Gasteiger partial charge in [-0.2, -0.15) is 0 Å². The molecule has 20 heavy (non-hydrogen) atoms. The smallest absolute Gasteiger partial charge is 0.267 e. The largest absolute Gasteiger partial charge is 0.280 e. The number of hydrogen-bond acceptors (Lipinski definition) is 4. The predicted molar refractivity (Wildman–Crippen MR) is 88.3 cm³/mol. The van der Waals surface area contributed by atoms with E-state index in [4.69, 9.17) is 0 Å². The van der Waals surface area contributed by atoms with Gasteiger partial charge in [-0.25, -0.2) is 9.36 Å². The van der Waals surface area contributed by atoms with Crippen molar-refractivity contribution in [3.05, 3.63) is 20.7 Å².